The van der Waals surface area contributed by atoms with Crippen molar-refractivity contribution in [3.63, 3.8) is 0 Å². The first kappa shape index (κ1) is 25.1. The lowest BCUT2D eigenvalue weighted by Gasteiger charge is -2.13. The Labute approximate surface area is 201 Å². The summed E-state index contributed by atoms with van der Waals surface area (Å²) >= 11 is 1.14. The minimum absolute atomic E-state index is 0.0269. The van der Waals surface area contributed by atoms with E-state index in [1.165, 1.54) is 11.7 Å². The average molecular weight is 486 g/mol. The summed E-state index contributed by atoms with van der Waals surface area (Å²) in [4.78, 5) is 41.4. The molecule has 0 aliphatic rings. The van der Waals surface area contributed by atoms with Crippen molar-refractivity contribution in [2.24, 2.45) is 0 Å². The minimum atomic E-state index is -0.429. The highest BCUT2D eigenvalue weighted by Crippen LogP contribution is 2.19. The zero-order chi connectivity index (χ0) is 24.3. The Hall–Kier alpha value is -3.53. The third-order valence-corrected chi connectivity index (χ3v) is 5.73. The average Bonchev–Trinajstić information content (AvgIpc) is 2.86. The van der Waals surface area contributed by atoms with Gasteiger partial charge in [-0.15, -0.1) is 0 Å². The molecule has 10 heteroatoms. The predicted molar refractivity (Wildman–Crippen MR) is 129 cm³/mol. The summed E-state index contributed by atoms with van der Waals surface area (Å²) in [5.41, 5.74) is 0.273. The number of carbonyl (C=O) groups is 2. The van der Waals surface area contributed by atoms with Crippen LogP contribution in [0.1, 0.15) is 13.3 Å². The molecule has 0 saturated heterocycles. The number of rotatable bonds is 12. The fourth-order valence-corrected chi connectivity index (χ4v) is 3.95. The van der Waals surface area contributed by atoms with Gasteiger partial charge in [-0.1, -0.05) is 23.9 Å². The van der Waals surface area contributed by atoms with E-state index in [4.69, 9.17) is 9.47 Å². The zero-order valence-corrected chi connectivity index (χ0v) is 19.9. The lowest BCUT2D eigenvalue weighted by Crippen LogP contribution is -2.30. The third-order valence-electron chi connectivity index (χ3n) is 4.75. The number of para-hydroxylation sites is 1. The number of esters is 1. The highest BCUT2D eigenvalue weighted by atomic mass is 32.2. The Balaban J connectivity index is 1.55. The van der Waals surface area contributed by atoms with Crippen LogP contribution in [0.4, 0.5) is 0 Å². The van der Waals surface area contributed by atoms with Gasteiger partial charge in [0, 0.05) is 6.54 Å². The van der Waals surface area contributed by atoms with Crippen molar-refractivity contribution in [1.29, 1.82) is 0 Å². The molecule has 3 rings (SSSR count). The summed E-state index contributed by atoms with van der Waals surface area (Å²) < 4.78 is 17.1. The molecule has 0 atom stereocenters. The first-order chi connectivity index (χ1) is 16.5. The Morgan fingerprint density at radius 2 is 1.76 bits per heavy atom. The van der Waals surface area contributed by atoms with Crippen LogP contribution >= 0.6 is 11.8 Å². The van der Waals surface area contributed by atoms with E-state index in [1.54, 1.807) is 24.3 Å². The highest BCUT2D eigenvalue weighted by molar-refractivity contribution is 7.99. The third kappa shape index (κ3) is 6.98. The van der Waals surface area contributed by atoms with Crippen molar-refractivity contribution in [3.8, 4) is 11.5 Å². The summed E-state index contributed by atoms with van der Waals surface area (Å²) in [6.45, 7) is 3.27. The van der Waals surface area contributed by atoms with Gasteiger partial charge in [0.05, 0.1) is 43.3 Å². The molecule has 1 aromatic heterocycles. The number of amides is 1. The first-order valence-corrected chi connectivity index (χ1v) is 11.8. The molecule has 0 spiro atoms. The van der Waals surface area contributed by atoms with E-state index >= 15 is 0 Å². The molecular weight excluding hydrogens is 458 g/mol. The van der Waals surface area contributed by atoms with Gasteiger partial charge in [-0.05, 0) is 43.3 Å². The molecule has 1 heterocycles. The van der Waals surface area contributed by atoms with E-state index in [9.17, 15) is 14.4 Å². The van der Waals surface area contributed by atoms with E-state index in [2.05, 4.69) is 15.0 Å². The summed E-state index contributed by atoms with van der Waals surface area (Å²) in [7, 11) is 1.30. The maximum Gasteiger partial charge on any atom is 0.307 e. The number of nitrogens with zero attached hydrogens (tertiary/aromatic N) is 2. The number of ether oxygens (including phenoxy) is 3. The second kappa shape index (κ2) is 12.6. The van der Waals surface area contributed by atoms with Crippen LogP contribution in [0, 0.1) is 0 Å². The number of carbonyl (C=O) groups excluding carboxylic acids is 2. The Morgan fingerprint density at radius 1 is 1.06 bits per heavy atom. The van der Waals surface area contributed by atoms with Crippen molar-refractivity contribution in [1.82, 2.24) is 14.9 Å². The van der Waals surface area contributed by atoms with Gasteiger partial charge >= 0.3 is 5.97 Å². The van der Waals surface area contributed by atoms with Crippen molar-refractivity contribution in [2.75, 3.05) is 32.6 Å². The predicted octanol–water partition coefficient (Wildman–Crippen LogP) is 2.65. The van der Waals surface area contributed by atoms with Crippen molar-refractivity contribution < 1.29 is 23.8 Å². The maximum absolute atomic E-state index is 12.9. The largest absolute Gasteiger partial charge is 0.494 e. The topological polar surface area (TPSA) is 109 Å². The normalized spacial score (nSPS) is 10.6. The lowest BCUT2D eigenvalue weighted by molar-refractivity contribution is -0.140. The summed E-state index contributed by atoms with van der Waals surface area (Å²) in [6.07, 6.45) is 0.0269. The molecule has 0 unspecified atom stereocenters. The molecule has 0 bridgehead atoms. The van der Waals surface area contributed by atoms with Crippen LogP contribution in [-0.4, -0.2) is 54.0 Å². The molecule has 0 fully saturated rings. The van der Waals surface area contributed by atoms with Crippen LogP contribution in [0.2, 0.25) is 0 Å². The molecule has 1 amide bonds. The number of hydrogen-bond donors (Lipinski definition) is 1. The Morgan fingerprint density at radius 3 is 2.47 bits per heavy atom. The number of nitrogens with one attached hydrogen (secondary N) is 1. The second-order valence-electron chi connectivity index (χ2n) is 7.09. The second-order valence-corrected chi connectivity index (χ2v) is 8.03. The molecule has 0 saturated carbocycles. The standard InChI is InChI=1S/C24H27N3O6S/c1-3-32-17-8-10-18(11-9-17)33-15-13-25-21(28)16-34-24-26-20-7-5-4-6-19(20)23(30)27(24)14-12-22(29)31-2/h4-11H,3,12-16H2,1-2H3,(H,25,28). The quantitative estimate of drug-likeness (QED) is 0.181. The van der Waals surface area contributed by atoms with Crippen molar-refractivity contribution in [3.05, 3.63) is 58.9 Å². The summed E-state index contributed by atoms with van der Waals surface area (Å²) in [5, 5.41) is 3.61. The van der Waals surface area contributed by atoms with Gasteiger partial charge in [-0.3, -0.25) is 19.0 Å². The monoisotopic (exact) mass is 485 g/mol. The SMILES string of the molecule is CCOc1ccc(OCCNC(=O)CSc2nc3ccccc3c(=O)n2CCC(=O)OC)cc1. The van der Waals surface area contributed by atoms with E-state index in [0.29, 0.717) is 41.6 Å². The van der Waals surface area contributed by atoms with Crippen molar-refractivity contribution >= 4 is 34.5 Å². The lowest BCUT2D eigenvalue weighted by atomic mass is 10.2. The molecule has 1 N–H and O–H groups in total. The maximum atomic E-state index is 12.9. The molecule has 3 aromatic rings. The van der Waals surface area contributed by atoms with Gasteiger partial charge in [0.1, 0.15) is 18.1 Å². The van der Waals surface area contributed by atoms with Crippen LogP contribution in [-0.2, 0) is 20.9 Å². The molecule has 2 aromatic carbocycles. The number of thioether (sulfide) groups is 1. The molecule has 34 heavy (non-hydrogen) atoms. The zero-order valence-electron chi connectivity index (χ0n) is 19.1. The van der Waals surface area contributed by atoms with Gasteiger partial charge in [-0.25, -0.2) is 4.98 Å². The molecular formula is C24H27N3O6S. The Kier molecular flexibility index (Phi) is 9.33. The summed E-state index contributed by atoms with van der Waals surface area (Å²) in [6, 6.07) is 14.2. The number of aromatic nitrogens is 2. The Bertz CT molecular complexity index is 1180. The molecule has 0 aliphatic carbocycles. The van der Waals surface area contributed by atoms with E-state index in [0.717, 1.165) is 17.5 Å². The number of fused-ring (bicyclic) bond motifs is 1. The molecule has 0 aliphatic heterocycles. The van der Waals surface area contributed by atoms with Crippen molar-refractivity contribution in [2.45, 2.75) is 25.0 Å². The minimum Gasteiger partial charge on any atom is -0.494 e. The van der Waals surface area contributed by atoms with Crippen LogP contribution in [0.15, 0.2) is 58.5 Å². The van der Waals surface area contributed by atoms with Gasteiger partial charge in [-0.2, -0.15) is 0 Å². The molecule has 180 valence electrons. The number of hydrogen-bond acceptors (Lipinski definition) is 8. The van der Waals surface area contributed by atoms with E-state index in [-0.39, 0.29) is 30.2 Å². The van der Waals surface area contributed by atoms with Gasteiger partial charge < -0.3 is 19.5 Å². The summed E-state index contributed by atoms with van der Waals surface area (Å²) in [5.74, 6) is 0.865. The first-order valence-electron chi connectivity index (χ1n) is 10.8. The van der Waals surface area contributed by atoms with E-state index in [1.807, 2.05) is 31.2 Å². The van der Waals surface area contributed by atoms with Gasteiger partial charge in [0.25, 0.3) is 5.56 Å². The van der Waals surface area contributed by atoms with E-state index < -0.39 is 5.97 Å². The number of methoxy groups -OCH3 is 1. The molecule has 0 radical (unpaired) electrons. The van der Waals surface area contributed by atoms with Gasteiger partial charge in [0.2, 0.25) is 5.91 Å². The molecule has 9 nitrogen and oxygen atoms in total. The van der Waals surface area contributed by atoms with Crippen LogP contribution in [0.3, 0.4) is 0 Å². The van der Waals surface area contributed by atoms with Crippen LogP contribution in [0.5, 0.6) is 11.5 Å². The van der Waals surface area contributed by atoms with Crippen LogP contribution < -0.4 is 20.3 Å². The smallest absolute Gasteiger partial charge is 0.307 e. The van der Waals surface area contributed by atoms with Gasteiger partial charge in [0.15, 0.2) is 5.16 Å². The van der Waals surface area contributed by atoms with Crippen LogP contribution in [0.25, 0.3) is 10.9 Å². The fourth-order valence-electron chi connectivity index (χ4n) is 3.10. The highest BCUT2D eigenvalue weighted by Gasteiger charge is 2.14. The fraction of sp³-hybridized carbons (Fsp3) is 0.333. The number of benzene rings is 2.